The van der Waals surface area contributed by atoms with Crippen molar-refractivity contribution in [2.45, 2.75) is 19.7 Å². The number of carbonyl (C=O) groups excluding carboxylic acids is 1. The molecule has 0 radical (unpaired) electrons. The summed E-state index contributed by atoms with van der Waals surface area (Å²) in [7, 11) is 1.65. The second-order valence-corrected chi connectivity index (χ2v) is 4.42. The Morgan fingerprint density at radius 2 is 2.10 bits per heavy atom. The molecule has 0 aliphatic heterocycles. The summed E-state index contributed by atoms with van der Waals surface area (Å²) in [6.07, 6.45) is 1.67. The van der Waals surface area contributed by atoms with Gasteiger partial charge in [-0.15, -0.1) is 0 Å². The average molecular weight is 274 g/mol. The first-order chi connectivity index (χ1) is 9.69. The van der Waals surface area contributed by atoms with Crippen LogP contribution >= 0.6 is 0 Å². The van der Waals surface area contributed by atoms with Gasteiger partial charge in [0.2, 0.25) is 5.91 Å². The van der Waals surface area contributed by atoms with Crippen LogP contribution < -0.4 is 11.1 Å². The van der Waals surface area contributed by atoms with Gasteiger partial charge in [0.25, 0.3) is 0 Å². The van der Waals surface area contributed by atoms with Crippen molar-refractivity contribution < 1.29 is 9.53 Å². The van der Waals surface area contributed by atoms with Crippen molar-refractivity contribution in [2.75, 3.05) is 12.8 Å². The molecule has 0 bridgehead atoms. The largest absolute Gasteiger partial charge is 0.382 e. The Bertz CT molecular complexity index is 580. The summed E-state index contributed by atoms with van der Waals surface area (Å²) < 4.78 is 6.64. The van der Waals surface area contributed by atoms with Gasteiger partial charge in [-0.3, -0.25) is 9.48 Å². The third kappa shape index (κ3) is 3.83. The lowest BCUT2D eigenvalue weighted by Gasteiger charge is -2.10. The second kappa shape index (κ2) is 6.72. The molecule has 0 unspecified atom stereocenters. The number of ether oxygens (including phenoxy) is 1. The summed E-state index contributed by atoms with van der Waals surface area (Å²) in [4.78, 5) is 11.8. The van der Waals surface area contributed by atoms with Crippen molar-refractivity contribution in [1.29, 1.82) is 0 Å². The van der Waals surface area contributed by atoms with Gasteiger partial charge in [0.15, 0.2) is 0 Å². The first kappa shape index (κ1) is 14.1. The van der Waals surface area contributed by atoms with E-state index in [1.54, 1.807) is 19.4 Å². The van der Waals surface area contributed by atoms with Crippen LogP contribution in [0.15, 0.2) is 36.5 Å². The van der Waals surface area contributed by atoms with Crippen LogP contribution in [-0.4, -0.2) is 22.8 Å². The van der Waals surface area contributed by atoms with Crippen molar-refractivity contribution in [3.05, 3.63) is 47.7 Å². The number of hydrogen-bond donors (Lipinski definition) is 2. The molecule has 106 valence electrons. The molecule has 1 aromatic heterocycles. The zero-order valence-electron chi connectivity index (χ0n) is 11.4. The summed E-state index contributed by atoms with van der Waals surface area (Å²) in [5.41, 5.74) is 7.61. The molecule has 6 nitrogen and oxygen atoms in total. The van der Waals surface area contributed by atoms with E-state index in [1.165, 1.54) is 4.68 Å². The number of amides is 1. The number of hydrogen-bond acceptors (Lipinski definition) is 4. The van der Waals surface area contributed by atoms with Crippen LogP contribution in [0.25, 0.3) is 0 Å². The molecule has 20 heavy (non-hydrogen) atoms. The maximum Gasteiger partial charge on any atom is 0.241 e. The Morgan fingerprint density at radius 1 is 1.35 bits per heavy atom. The lowest BCUT2D eigenvalue weighted by Crippen LogP contribution is -2.27. The van der Waals surface area contributed by atoms with Crippen LogP contribution in [0.1, 0.15) is 11.1 Å². The number of carbonyl (C=O) groups is 1. The number of anilines is 1. The van der Waals surface area contributed by atoms with Gasteiger partial charge in [-0.25, -0.2) is 0 Å². The molecule has 1 aromatic carbocycles. The first-order valence-corrected chi connectivity index (χ1v) is 6.30. The minimum absolute atomic E-state index is 0.111. The summed E-state index contributed by atoms with van der Waals surface area (Å²) in [5.74, 6) is 0.295. The normalized spacial score (nSPS) is 10.4. The van der Waals surface area contributed by atoms with Crippen LogP contribution in [0, 0.1) is 0 Å². The molecule has 0 saturated carbocycles. The summed E-state index contributed by atoms with van der Waals surface area (Å²) in [6.45, 7) is 1.15. The van der Waals surface area contributed by atoms with Crippen LogP contribution in [0.4, 0.5) is 5.82 Å². The maximum absolute atomic E-state index is 11.8. The molecular formula is C14H18N4O2. The van der Waals surface area contributed by atoms with E-state index in [9.17, 15) is 4.79 Å². The van der Waals surface area contributed by atoms with Crippen LogP contribution in [0.5, 0.6) is 0 Å². The lowest BCUT2D eigenvalue weighted by molar-refractivity contribution is -0.122. The van der Waals surface area contributed by atoms with Crippen LogP contribution in [0.2, 0.25) is 0 Å². The fraction of sp³-hybridized carbons (Fsp3) is 0.286. The first-order valence-electron chi connectivity index (χ1n) is 6.30. The number of nitrogens with zero attached hydrogens (tertiary/aromatic N) is 2. The number of nitrogens with two attached hydrogens (primary N) is 1. The summed E-state index contributed by atoms with van der Waals surface area (Å²) in [6, 6.07) is 9.50. The minimum atomic E-state index is -0.111. The van der Waals surface area contributed by atoms with Gasteiger partial charge in [0.05, 0.1) is 6.61 Å². The standard InChI is InChI=1S/C14H18N4O2/c1-20-10-12-5-3-2-4-11(12)8-16-14(19)9-18-7-6-13(15)17-18/h2-7H,8-10H2,1H3,(H2,15,17)(H,16,19). The van der Waals surface area contributed by atoms with Crippen molar-refractivity contribution in [3.63, 3.8) is 0 Å². The smallest absolute Gasteiger partial charge is 0.241 e. The topological polar surface area (TPSA) is 82.2 Å². The van der Waals surface area contributed by atoms with Crippen molar-refractivity contribution in [2.24, 2.45) is 0 Å². The Labute approximate surface area is 117 Å². The Balaban J connectivity index is 1.90. The number of nitrogen functional groups attached to an aromatic ring is 1. The molecule has 0 aliphatic rings. The number of methoxy groups -OCH3 is 1. The minimum Gasteiger partial charge on any atom is -0.382 e. The SMILES string of the molecule is COCc1ccccc1CNC(=O)Cn1ccc(N)n1. The zero-order valence-corrected chi connectivity index (χ0v) is 11.4. The molecular weight excluding hydrogens is 256 g/mol. The highest BCUT2D eigenvalue weighted by Gasteiger charge is 2.06. The molecule has 0 fully saturated rings. The van der Waals surface area contributed by atoms with E-state index in [1.807, 2.05) is 24.3 Å². The molecule has 2 rings (SSSR count). The highest BCUT2D eigenvalue weighted by Crippen LogP contribution is 2.09. The van der Waals surface area contributed by atoms with E-state index < -0.39 is 0 Å². The maximum atomic E-state index is 11.8. The molecule has 3 N–H and O–H groups in total. The van der Waals surface area contributed by atoms with Gasteiger partial charge in [-0.1, -0.05) is 24.3 Å². The monoisotopic (exact) mass is 274 g/mol. The molecule has 1 heterocycles. The Kier molecular flexibility index (Phi) is 4.73. The van der Waals surface area contributed by atoms with E-state index in [4.69, 9.17) is 10.5 Å². The fourth-order valence-corrected chi connectivity index (χ4v) is 1.89. The number of rotatable bonds is 6. The molecule has 1 amide bonds. The van der Waals surface area contributed by atoms with E-state index >= 15 is 0 Å². The fourth-order valence-electron chi connectivity index (χ4n) is 1.89. The van der Waals surface area contributed by atoms with Gasteiger partial charge in [0, 0.05) is 19.9 Å². The quantitative estimate of drug-likeness (QED) is 0.821. The molecule has 2 aromatic rings. The predicted octanol–water partition coefficient (Wildman–Crippen LogP) is 0.928. The van der Waals surface area contributed by atoms with Gasteiger partial charge < -0.3 is 15.8 Å². The average Bonchev–Trinajstić information content (AvgIpc) is 2.83. The lowest BCUT2D eigenvalue weighted by atomic mass is 10.1. The number of benzene rings is 1. The van der Waals surface area contributed by atoms with E-state index in [0.29, 0.717) is 19.0 Å². The highest BCUT2D eigenvalue weighted by molar-refractivity contribution is 5.75. The van der Waals surface area contributed by atoms with Crippen molar-refractivity contribution in [3.8, 4) is 0 Å². The van der Waals surface area contributed by atoms with Gasteiger partial charge >= 0.3 is 0 Å². The van der Waals surface area contributed by atoms with Crippen molar-refractivity contribution >= 4 is 11.7 Å². The van der Waals surface area contributed by atoms with Crippen molar-refractivity contribution in [1.82, 2.24) is 15.1 Å². The molecule has 0 atom stereocenters. The molecule has 6 heteroatoms. The van der Waals surface area contributed by atoms with Gasteiger partial charge in [-0.05, 0) is 17.2 Å². The summed E-state index contributed by atoms with van der Waals surface area (Å²) in [5, 5.41) is 6.83. The van der Waals surface area contributed by atoms with E-state index in [0.717, 1.165) is 11.1 Å². The zero-order chi connectivity index (χ0) is 14.4. The Hall–Kier alpha value is -2.34. The molecule has 0 saturated heterocycles. The van der Waals surface area contributed by atoms with E-state index in [-0.39, 0.29) is 12.5 Å². The molecule has 0 aliphatic carbocycles. The number of nitrogens with one attached hydrogen (secondary N) is 1. The second-order valence-electron chi connectivity index (χ2n) is 4.42. The Morgan fingerprint density at radius 3 is 2.75 bits per heavy atom. The van der Waals surface area contributed by atoms with Gasteiger partial charge in [0.1, 0.15) is 12.4 Å². The third-order valence-electron chi connectivity index (χ3n) is 2.86. The highest BCUT2D eigenvalue weighted by atomic mass is 16.5. The molecule has 0 spiro atoms. The number of aromatic nitrogens is 2. The third-order valence-corrected chi connectivity index (χ3v) is 2.86. The van der Waals surface area contributed by atoms with Crippen LogP contribution in [0.3, 0.4) is 0 Å². The van der Waals surface area contributed by atoms with Gasteiger partial charge in [-0.2, -0.15) is 5.10 Å². The van der Waals surface area contributed by atoms with E-state index in [2.05, 4.69) is 10.4 Å². The summed E-state index contributed by atoms with van der Waals surface area (Å²) >= 11 is 0. The predicted molar refractivity (Wildman–Crippen MR) is 75.6 cm³/mol. The van der Waals surface area contributed by atoms with Crippen LogP contribution in [-0.2, 0) is 29.2 Å².